The second kappa shape index (κ2) is 6.90. The van der Waals surface area contributed by atoms with Crippen LogP contribution in [0.3, 0.4) is 0 Å². The molecule has 2 aromatic rings. The van der Waals surface area contributed by atoms with E-state index in [1.54, 1.807) is 25.3 Å². The Morgan fingerprint density at radius 3 is 2.57 bits per heavy atom. The molecule has 0 aromatic heterocycles. The largest absolute Gasteiger partial charge is 0.398 e. The number of carbonyl (C=O) groups excluding carboxylic acids is 1. The van der Waals surface area contributed by atoms with Gasteiger partial charge in [-0.15, -0.1) is 0 Å². The van der Waals surface area contributed by atoms with Crippen LogP contribution in [0.15, 0.2) is 42.5 Å². The highest BCUT2D eigenvalue weighted by Crippen LogP contribution is 2.16. The standard InChI is InChI=1S/C17H20N2O2/c1-12-15(8-5-9-16(12)18)17(20)19-10-13-6-3-4-7-14(13)11-21-2/h3-9H,10-11,18H2,1-2H3,(H,19,20). The van der Waals surface area contributed by atoms with E-state index in [-0.39, 0.29) is 5.91 Å². The third-order valence-corrected chi connectivity index (χ3v) is 3.48. The third-order valence-electron chi connectivity index (χ3n) is 3.48. The Bertz CT molecular complexity index is 638. The molecule has 2 aromatic carbocycles. The Labute approximate surface area is 124 Å². The fourth-order valence-electron chi connectivity index (χ4n) is 2.20. The van der Waals surface area contributed by atoms with E-state index >= 15 is 0 Å². The molecule has 3 N–H and O–H groups in total. The van der Waals surface area contributed by atoms with Crippen molar-refractivity contribution in [3.63, 3.8) is 0 Å². The molecule has 21 heavy (non-hydrogen) atoms. The molecule has 0 bridgehead atoms. The number of hydrogen-bond acceptors (Lipinski definition) is 3. The predicted molar refractivity (Wildman–Crippen MR) is 83.9 cm³/mol. The van der Waals surface area contributed by atoms with E-state index in [4.69, 9.17) is 10.5 Å². The van der Waals surface area contributed by atoms with Gasteiger partial charge in [0.25, 0.3) is 5.91 Å². The first kappa shape index (κ1) is 15.1. The zero-order valence-corrected chi connectivity index (χ0v) is 12.3. The van der Waals surface area contributed by atoms with Crippen molar-refractivity contribution in [2.24, 2.45) is 0 Å². The maximum Gasteiger partial charge on any atom is 0.251 e. The highest BCUT2D eigenvalue weighted by atomic mass is 16.5. The van der Waals surface area contributed by atoms with Gasteiger partial charge in [0.1, 0.15) is 0 Å². The van der Waals surface area contributed by atoms with Crippen molar-refractivity contribution in [3.8, 4) is 0 Å². The quantitative estimate of drug-likeness (QED) is 0.830. The summed E-state index contributed by atoms with van der Waals surface area (Å²) in [6.07, 6.45) is 0. The summed E-state index contributed by atoms with van der Waals surface area (Å²) in [5.41, 5.74) is 10.0. The molecule has 110 valence electrons. The first-order valence-electron chi connectivity index (χ1n) is 6.82. The van der Waals surface area contributed by atoms with Crippen LogP contribution in [0.25, 0.3) is 0 Å². The number of nitrogens with one attached hydrogen (secondary N) is 1. The van der Waals surface area contributed by atoms with Gasteiger partial charge in [0.2, 0.25) is 0 Å². The van der Waals surface area contributed by atoms with Crippen LogP contribution in [-0.2, 0) is 17.9 Å². The predicted octanol–water partition coefficient (Wildman–Crippen LogP) is 2.65. The first-order chi connectivity index (χ1) is 10.1. The van der Waals surface area contributed by atoms with Gasteiger partial charge in [-0.2, -0.15) is 0 Å². The number of rotatable bonds is 5. The topological polar surface area (TPSA) is 64.3 Å². The number of methoxy groups -OCH3 is 1. The van der Waals surface area contributed by atoms with Gasteiger partial charge in [-0.05, 0) is 35.7 Å². The van der Waals surface area contributed by atoms with Crippen LogP contribution < -0.4 is 11.1 Å². The number of carbonyl (C=O) groups is 1. The van der Waals surface area contributed by atoms with Crippen LogP contribution in [0.5, 0.6) is 0 Å². The summed E-state index contributed by atoms with van der Waals surface area (Å²) in [4.78, 5) is 12.3. The molecule has 0 atom stereocenters. The van der Waals surface area contributed by atoms with E-state index in [9.17, 15) is 4.79 Å². The van der Waals surface area contributed by atoms with Gasteiger partial charge in [0, 0.05) is 24.9 Å². The van der Waals surface area contributed by atoms with Crippen LogP contribution in [0.2, 0.25) is 0 Å². The summed E-state index contributed by atoms with van der Waals surface area (Å²) in [6, 6.07) is 13.3. The summed E-state index contributed by atoms with van der Waals surface area (Å²) in [6.45, 7) is 2.85. The zero-order chi connectivity index (χ0) is 15.2. The van der Waals surface area contributed by atoms with Crippen LogP contribution in [0.4, 0.5) is 5.69 Å². The van der Waals surface area contributed by atoms with Crippen LogP contribution >= 0.6 is 0 Å². The number of hydrogen-bond donors (Lipinski definition) is 2. The van der Waals surface area contributed by atoms with E-state index < -0.39 is 0 Å². The molecule has 1 amide bonds. The fourth-order valence-corrected chi connectivity index (χ4v) is 2.20. The van der Waals surface area contributed by atoms with Gasteiger partial charge in [-0.3, -0.25) is 4.79 Å². The van der Waals surface area contributed by atoms with Crippen molar-refractivity contribution >= 4 is 11.6 Å². The van der Waals surface area contributed by atoms with Crippen LogP contribution in [-0.4, -0.2) is 13.0 Å². The summed E-state index contributed by atoms with van der Waals surface area (Å²) in [5, 5.41) is 2.93. The maximum absolute atomic E-state index is 12.3. The van der Waals surface area contributed by atoms with E-state index in [0.29, 0.717) is 24.4 Å². The van der Waals surface area contributed by atoms with E-state index in [2.05, 4.69) is 5.32 Å². The minimum Gasteiger partial charge on any atom is -0.398 e. The van der Waals surface area contributed by atoms with E-state index in [1.165, 1.54) is 0 Å². The highest BCUT2D eigenvalue weighted by Gasteiger charge is 2.11. The Balaban J connectivity index is 2.09. The summed E-state index contributed by atoms with van der Waals surface area (Å²) in [5.74, 6) is -0.119. The SMILES string of the molecule is COCc1ccccc1CNC(=O)c1cccc(N)c1C. The minimum absolute atomic E-state index is 0.119. The molecular weight excluding hydrogens is 264 g/mol. The Morgan fingerprint density at radius 1 is 1.14 bits per heavy atom. The lowest BCUT2D eigenvalue weighted by Crippen LogP contribution is -2.24. The number of anilines is 1. The number of amides is 1. The van der Waals surface area contributed by atoms with Crippen molar-refractivity contribution in [2.45, 2.75) is 20.1 Å². The van der Waals surface area contributed by atoms with Gasteiger partial charge in [0.05, 0.1) is 6.61 Å². The monoisotopic (exact) mass is 284 g/mol. The molecule has 0 aliphatic rings. The minimum atomic E-state index is -0.119. The van der Waals surface area contributed by atoms with Gasteiger partial charge >= 0.3 is 0 Å². The van der Waals surface area contributed by atoms with Gasteiger partial charge < -0.3 is 15.8 Å². The lowest BCUT2D eigenvalue weighted by Gasteiger charge is -2.12. The highest BCUT2D eigenvalue weighted by molar-refractivity contribution is 5.96. The molecule has 0 unspecified atom stereocenters. The Hall–Kier alpha value is -2.33. The van der Waals surface area contributed by atoms with Gasteiger partial charge in [-0.1, -0.05) is 30.3 Å². The summed E-state index contributed by atoms with van der Waals surface area (Å²) >= 11 is 0. The van der Waals surface area contributed by atoms with Gasteiger partial charge in [-0.25, -0.2) is 0 Å². The molecule has 0 saturated heterocycles. The van der Waals surface area contributed by atoms with Crippen molar-refractivity contribution < 1.29 is 9.53 Å². The lowest BCUT2D eigenvalue weighted by atomic mass is 10.1. The second-order valence-electron chi connectivity index (χ2n) is 4.90. The van der Waals surface area contributed by atoms with Crippen molar-refractivity contribution in [2.75, 3.05) is 12.8 Å². The number of nitrogens with two attached hydrogens (primary N) is 1. The number of nitrogen functional groups attached to an aromatic ring is 1. The number of ether oxygens (including phenoxy) is 1. The average molecular weight is 284 g/mol. The molecule has 0 fully saturated rings. The molecule has 0 saturated carbocycles. The normalized spacial score (nSPS) is 10.4. The molecule has 0 radical (unpaired) electrons. The Morgan fingerprint density at radius 2 is 1.86 bits per heavy atom. The summed E-state index contributed by atoms with van der Waals surface area (Å²) in [7, 11) is 1.66. The average Bonchev–Trinajstić information content (AvgIpc) is 2.49. The molecule has 0 heterocycles. The molecular formula is C17H20N2O2. The van der Waals surface area contributed by atoms with Crippen molar-refractivity contribution in [1.82, 2.24) is 5.32 Å². The lowest BCUT2D eigenvalue weighted by molar-refractivity contribution is 0.0950. The van der Waals surface area contributed by atoms with Crippen LogP contribution in [0, 0.1) is 6.92 Å². The maximum atomic E-state index is 12.3. The second-order valence-corrected chi connectivity index (χ2v) is 4.90. The molecule has 4 nitrogen and oxygen atoms in total. The number of benzene rings is 2. The van der Waals surface area contributed by atoms with E-state index in [0.717, 1.165) is 16.7 Å². The van der Waals surface area contributed by atoms with E-state index in [1.807, 2.05) is 31.2 Å². The Kier molecular flexibility index (Phi) is 4.95. The smallest absolute Gasteiger partial charge is 0.251 e. The van der Waals surface area contributed by atoms with Crippen LogP contribution in [0.1, 0.15) is 27.0 Å². The zero-order valence-electron chi connectivity index (χ0n) is 12.3. The molecule has 4 heteroatoms. The first-order valence-corrected chi connectivity index (χ1v) is 6.82. The molecule has 2 rings (SSSR count). The third kappa shape index (κ3) is 3.61. The molecule has 0 aliphatic carbocycles. The van der Waals surface area contributed by atoms with Crippen molar-refractivity contribution in [1.29, 1.82) is 0 Å². The molecule has 0 spiro atoms. The fraction of sp³-hybridized carbons (Fsp3) is 0.235. The molecule has 0 aliphatic heterocycles. The van der Waals surface area contributed by atoms with Crippen molar-refractivity contribution in [3.05, 3.63) is 64.7 Å². The summed E-state index contributed by atoms with van der Waals surface area (Å²) < 4.78 is 5.17. The van der Waals surface area contributed by atoms with Gasteiger partial charge in [0.15, 0.2) is 0 Å².